The number of aromatic nitrogens is 7. The number of nitrogens with one attached hydrogen (secondary N) is 1. The maximum Gasteiger partial charge on any atom is 0.490 e. The summed E-state index contributed by atoms with van der Waals surface area (Å²) >= 11 is 6.33. The maximum absolute atomic E-state index is 13.4. The molecule has 0 bridgehead atoms. The van der Waals surface area contributed by atoms with E-state index in [2.05, 4.69) is 25.2 Å². The van der Waals surface area contributed by atoms with Crippen LogP contribution in [0.2, 0.25) is 5.02 Å². The first-order chi connectivity index (χ1) is 18.8. The molecule has 0 unspecified atom stereocenters. The summed E-state index contributed by atoms with van der Waals surface area (Å²) in [6, 6.07) is 3.65. The fraction of sp³-hybridized carbons (Fsp3) is 0.391. The Balaban J connectivity index is 0.000000411. The number of anilines is 2. The molecule has 1 spiro atoms. The van der Waals surface area contributed by atoms with Crippen LogP contribution >= 0.6 is 11.6 Å². The predicted octanol–water partition coefficient (Wildman–Crippen LogP) is 2.08. The Morgan fingerprint density at radius 1 is 1.25 bits per heavy atom. The third-order valence-corrected chi connectivity index (χ3v) is 7.82. The molecular formula is C23H24ClF3N10O3. The van der Waals surface area contributed by atoms with Crippen molar-refractivity contribution in [1.29, 1.82) is 0 Å². The number of H-pyrrole nitrogens is 1. The summed E-state index contributed by atoms with van der Waals surface area (Å²) in [6.07, 6.45) is 0.0437. The Kier molecular flexibility index (Phi) is 6.70. The number of carbonyl (C=O) groups is 1. The van der Waals surface area contributed by atoms with Crippen LogP contribution in [0.5, 0.6) is 0 Å². The number of aliphatic carboxylic acids is 1. The average Bonchev–Trinajstić information content (AvgIpc) is 3.60. The second-order valence-electron chi connectivity index (χ2n) is 9.67. The first kappa shape index (κ1) is 27.4. The highest BCUT2D eigenvalue weighted by atomic mass is 35.5. The van der Waals surface area contributed by atoms with Gasteiger partial charge in [0, 0.05) is 50.1 Å². The van der Waals surface area contributed by atoms with Crippen LogP contribution in [0, 0.1) is 5.41 Å². The van der Waals surface area contributed by atoms with Crippen LogP contribution in [-0.4, -0.2) is 64.9 Å². The summed E-state index contributed by atoms with van der Waals surface area (Å²) in [6.45, 7) is 2.32. The molecule has 6 rings (SSSR count). The average molecular weight is 581 g/mol. The first-order valence-corrected chi connectivity index (χ1v) is 12.4. The molecule has 4 aromatic heterocycles. The minimum absolute atomic E-state index is 0.0117. The highest BCUT2D eigenvalue weighted by molar-refractivity contribution is 6.35. The van der Waals surface area contributed by atoms with Crippen LogP contribution in [-0.2, 0) is 18.4 Å². The van der Waals surface area contributed by atoms with Gasteiger partial charge in [0.25, 0.3) is 5.56 Å². The quantitative estimate of drug-likeness (QED) is 0.273. The van der Waals surface area contributed by atoms with Crippen LogP contribution < -0.4 is 21.9 Å². The van der Waals surface area contributed by atoms with Gasteiger partial charge in [0.15, 0.2) is 5.65 Å². The van der Waals surface area contributed by atoms with Crippen molar-refractivity contribution in [2.75, 3.05) is 23.7 Å². The predicted molar refractivity (Wildman–Crippen MR) is 139 cm³/mol. The van der Waals surface area contributed by atoms with Crippen molar-refractivity contribution in [3.63, 3.8) is 0 Å². The van der Waals surface area contributed by atoms with E-state index in [1.54, 1.807) is 23.9 Å². The highest BCUT2D eigenvalue weighted by Crippen LogP contribution is 2.47. The van der Waals surface area contributed by atoms with E-state index in [1.807, 2.05) is 10.7 Å². The topological polar surface area (TPSA) is 187 Å². The van der Waals surface area contributed by atoms with Gasteiger partial charge in [0.05, 0.1) is 16.8 Å². The van der Waals surface area contributed by atoms with Gasteiger partial charge in [0.1, 0.15) is 16.9 Å². The largest absolute Gasteiger partial charge is 0.490 e. The van der Waals surface area contributed by atoms with E-state index in [9.17, 15) is 18.0 Å². The van der Waals surface area contributed by atoms with E-state index in [0.29, 0.717) is 28.2 Å². The lowest BCUT2D eigenvalue weighted by Gasteiger charge is -2.41. The number of piperidine rings is 1. The van der Waals surface area contributed by atoms with Gasteiger partial charge in [-0.25, -0.2) is 9.78 Å². The van der Waals surface area contributed by atoms with E-state index in [-0.39, 0.29) is 27.9 Å². The van der Waals surface area contributed by atoms with E-state index in [4.69, 9.17) is 38.0 Å². The number of halogens is 4. The van der Waals surface area contributed by atoms with Crippen LogP contribution in [0.3, 0.4) is 0 Å². The number of rotatable bonds is 2. The highest BCUT2D eigenvalue weighted by Gasteiger charge is 2.47. The summed E-state index contributed by atoms with van der Waals surface area (Å²) in [5.74, 6) is -1.98. The molecule has 6 heterocycles. The molecule has 17 heteroatoms. The number of hydrogen-bond donors (Lipinski definition) is 4. The third kappa shape index (κ3) is 4.52. The van der Waals surface area contributed by atoms with Crippen LogP contribution in [0.15, 0.2) is 29.3 Å². The van der Waals surface area contributed by atoms with Gasteiger partial charge in [-0.2, -0.15) is 28.4 Å². The molecule has 0 radical (unpaired) electrons. The summed E-state index contributed by atoms with van der Waals surface area (Å²) in [4.78, 5) is 33.1. The second-order valence-corrected chi connectivity index (χ2v) is 10.1. The fourth-order valence-corrected chi connectivity index (χ4v) is 5.44. The Hall–Kier alpha value is -4.18. The molecule has 1 saturated heterocycles. The number of carboxylic acids is 1. The molecule has 212 valence electrons. The number of fused-ring (bicyclic) bond motifs is 2. The minimum Gasteiger partial charge on any atom is -0.475 e. The van der Waals surface area contributed by atoms with Crippen molar-refractivity contribution < 1.29 is 23.1 Å². The van der Waals surface area contributed by atoms with Crippen molar-refractivity contribution in [3.05, 3.63) is 45.6 Å². The summed E-state index contributed by atoms with van der Waals surface area (Å²) in [5, 5.41) is 19.4. The molecule has 0 saturated carbocycles. The standard InChI is InChI=1S/C21H23ClN10O.C2HF3O2/c1-30-19(33)13-15(11-2-6-25-17(24)14(11)22)28-29-18(13)27-20(30)31-8-4-21(5-9-31)10-32-12(16(21)23)3-7-26-32;3-2(4,5)1(6)7/h2-3,6-7,16H,4-5,8-10,23H2,1H3,(H2,24,25)(H,28,29);(H,6,7)/t16-;/m1./s1. The minimum atomic E-state index is -5.08. The van der Waals surface area contributed by atoms with E-state index >= 15 is 0 Å². The second kappa shape index (κ2) is 9.78. The summed E-state index contributed by atoms with van der Waals surface area (Å²) in [7, 11) is 1.73. The van der Waals surface area contributed by atoms with Crippen molar-refractivity contribution >= 4 is 40.4 Å². The summed E-state index contributed by atoms with van der Waals surface area (Å²) in [5.41, 5.74) is 14.7. The number of hydrogen-bond acceptors (Lipinski definition) is 9. The Morgan fingerprint density at radius 2 is 1.93 bits per heavy atom. The van der Waals surface area contributed by atoms with E-state index in [1.165, 1.54) is 6.20 Å². The molecule has 0 aliphatic carbocycles. The van der Waals surface area contributed by atoms with Crippen LogP contribution in [0.1, 0.15) is 24.6 Å². The third-order valence-electron chi connectivity index (χ3n) is 7.43. The molecular weight excluding hydrogens is 557 g/mol. The smallest absolute Gasteiger partial charge is 0.475 e. The molecule has 0 aromatic carbocycles. The van der Waals surface area contributed by atoms with Crippen LogP contribution in [0.4, 0.5) is 24.9 Å². The van der Waals surface area contributed by atoms with Crippen molar-refractivity contribution in [3.8, 4) is 11.3 Å². The zero-order chi connectivity index (χ0) is 29.0. The van der Waals surface area contributed by atoms with Gasteiger partial charge in [-0.15, -0.1) is 0 Å². The van der Waals surface area contributed by atoms with Crippen molar-refractivity contribution in [2.24, 2.45) is 18.2 Å². The monoisotopic (exact) mass is 580 g/mol. The number of carboxylic acid groups (broad SMARTS) is 1. The molecule has 13 nitrogen and oxygen atoms in total. The van der Waals surface area contributed by atoms with Gasteiger partial charge in [-0.3, -0.25) is 19.1 Å². The molecule has 0 amide bonds. The van der Waals surface area contributed by atoms with Gasteiger partial charge in [0.2, 0.25) is 5.95 Å². The van der Waals surface area contributed by atoms with Gasteiger partial charge in [-0.05, 0) is 25.0 Å². The van der Waals surface area contributed by atoms with Gasteiger partial charge < -0.3 is 21.5 Å². The Labute approximate surface area is 228 Å². The number of nitrogens with two attached hydrogens (primary N) is 2. The molecule has 1 atom stereocenters. The van der Waals surface area contributed by atoms with E-state index in [0.717, 1.165) is 38.2 Å². The van der Waals surface area contributed by atoms with Crippen LogP contribution in [0.25, 0.3) is 22.3 Å². The van der Waals surface area contributed by atoms with Crippen molar-refractivity contribution in [1.82, 2.24) is 34.5 Å². The number of nitrogen functional groups attached to an aromatic ring is 1. The first-order valence-electron chi connectivity index (χ1n) is 12.0. The maximum atomic E-state index is 13.4. The normalized spacial score (nSPS) is 18.1. The zero-order valence-electron chi connectivity index (χ0n) is 21.0. The SMILES string of the molecule is Cn1c(N2CCC3(CC2)Cn2nccc2[C@H]3N)nc2[nH]nc(-c3ccnc(N)c3Cl)c2c1=O.O=C(O)C(F)(F)F. The fourth-order valence-electron chi connectivity index (χ4n) is 5.24. The lowest BCUT2D eigenvalue weighted by molar-refractivity contribution is -0.192. The van der Waals surface area contributed by atoms with E-state index < -0.39 is 12.1 Å². The lowest BCUT2D eigenvalue weighted by atomic mass is 9.74. The number of alkyl halides is 3. The molecule has 40 heavy (non-hydrogen) atoms. The number of pyridine rings is 1. The molecule has 6 N–H and O–H groups in total. The molecule has 2 aliphatic heterocycles. The molecule has 1 fully saturated rings. The van der Waals surface area contributed by atoms with Crippen molar-refractivity contribution in [2.45, 2.75) is 31.6 Å². The van der Waals surface area contributed by atoms with Gasteiger partial charge in [-0.1, -0.05) is 11.6 Å². The Bertz CT molecular complexity index is 1660. The summed E-state index contributed by atoms with van der Waals surface area (Å²) < 4.78 is 35.3. The zero-order valence-corrected chi connectivity index (χ0v) is 21.7. The molecule has 2 aliphatic rings. The lowest BCUT2D eigenvalue weighted by Crippen LogP contribution is -2.46. The number of aromatic amines is 1. The van der Waals surface area contributed by atoms with Gasteiger partial charge >= 0.3 is 12.1 Å². The number of nitrogens with zero attached hydrogens (tertiary/aromatic N) is 7. The molecule has 4 aromatic rings. The Morgan fingerprint density at radius 3 is 2.55 bits per heavy atom.